The SMILES string of the molecule is O=C(C1CC=CC1)N1CC2(C1)C(c1nc(Cc3ccccc3F)no1)CCS2(=O)=O. The van der Waals surface area contributed by atoms with Crippen molar-refractivity contribution in [1.29, 1.82) is 0 Å². The van der Waals surface area contributed by atoms with Crippen molar-refractivity contribution in [3.63, 3.8) is 0 Å². The summed E-state index contributed by atoms with van der Waals surface area (Å²) in [6, 6.07) is 6.37. The van der Waals surface area contributed by atoms with Crippen LogP contribution in [0.4, 0.5) is 4.39 Å². The number of nitrogens with zero attached hydrogens (tertiary/aromatic N) is 3. The summed E-state index contributed by atoms with van der Waals surface area (Å²) in [5.41, 5.74) is 0.448. The maximum Gasteiger partial charge on any atom is 0.231 e. The first kappa shape index (κ1) is 19.4. The topological polar surface area (TPSA) is 93.4 Å². The molecule has 2 saturated heterocycles. The van der Waals surface area contributed by atoms with Gasteiger partial charge in [-0.1, -0.05) is 35.5 Å². The van der Waals surface area contributed by atoms with Crippen LogP contribution in [-0.4, -0.2) is 53.0 Å². The minimum atomic E-state index is -3.39. The quantitative estimate of drug-likeness (QED) is 0.690. The molecule has 1 spiro atoms. The summed E-state index contributed by atoms with van der Waals surface area (Å²) < 4.78 is 44.1. The maximum absolute atomic E-state index is 13.9. The fourth-order valence-corrected chi connectivity index (χ4v) is 7.16. The van der Waals surface area contributed by atoms with Crippen LogP contribution in [0.2, 0.25) is 0 Å². The number of allylic oxidation sites excluding steroid dienone is 2. The molecule has 7 nitrogen and oxygen atoms in total. The molecule has 3 aliphatic rings. The number of carbonyl (C=O) groups is 1. The Hall–Kier alpha value is -2.55. The van der Waals surface area contributed by atoms with Crippen LogP contribution >= 0.6 is 0 Å². The van der Waals surface area contributed by atoms with Crippen LogP contribution < -0.4 is 0 Å². The second-order valence-electron chi connectivity index (χ2n) is 8.38. The molecular formula is C21H22FN3O4S. The molecule has 0 bridgehead atoms. The molecule has 0 N–H and O–H groups in total. The van der Waals surface area contributed by atoms with Gasteiger partial charge in [-0.05, 0) is 30.9 Å². The minimum Gasteiger partial charge on any atom is -0.339 e. The second kappa shape index (κ2) is 7.01. The fourth-order valence-electron chi connectivity index (χ4n) is 4.85. The van der Waals surface area contributed by atoms with Crippen LogP contribution in [0.5, 0.6) is 0 Å². The molecule has 1 atom stereocenters. The molecule has 1 amide bonds. The average Bonchev–Trinajstić information content (AvgIpc) is 3.41. The summed E-state index contributed by atoms with van der Waals surface area (Å²) in [6.45, 7) is 0.334. The molecule has 1 aliphatic carbocycles. The number of aromatic nitrogens is 2. The molecule has 3 heterocycles. The van der Waals surface area contributed by atoms with Crippen LogP contribution in [-0.2, 0) is 21.1 Å². The highest BCUT2D eigenvalue weighted by atomic mass is 32.2. The van der Waals surface area contributed by atoms with Crippen LogP contribution in [0.25, 0.3) is 0 Å². The molecule has 2 aliphatic heterocycles. The summed E-state index contributed by atoms with van der Waals surface area (Å²) >= 11 is 0. The van der Waals surface area contributed by atoms with Crippen molar-refractivity contribution in [2.24, 2.45) is 5.92 Å². The van der Waals surface area contributed by atoms with Crippen molar-refractivity contribution in [2.45, 2.75) is 36.3 Å². The third-order valence-corrected chi connectivity index (χ3v) is 9.16. The predicted molar refractivity (Wildman–Crippen MR) is 106 cm³/mol. The highest BCUT2D eigenvalue weighted by Crippen LogP contribution is 2.50. The van der Waals surface area contributed by atoms with E-state index in [4.69, 9.17) is 4.52 Å². The first-order valence-corrected chi connectivity index (χ1v) is 11.8. The smallest absolute Gasteiger partial charge is 0.231 e. The fraction of sp³-hybridized carbons (Fsp3) is 0.476. The Morgan fingerprint density at radius 1 is 1.23 bits per heavy atom. The summed E-state index contributed by atoms with van der Waals surface area (Å²) in [4.78, 5) is 18.7. The molecule has 5 rings (SSSR count). The lowest BCUT2D eigenvalue weighted by atomic mass is 9.82. The number of benzene rings is 1. The number of likely N-dealkylation sites (tertiary alicyclic amines) is 1. The van der Waals surface area contributed by atoms with E-state index in [0.717, 1.165) is 0 Å². The van der Waals surface area contributed by atoms with Crippen molar-refractivity contribution in [3.05, 3.63) is 59.5 Å². The molecule has 2 aromatic rings. The normalized spacial score (nSPS) is 24.4. The van der Waals surface area contributed by atoms with Gasteiger partial charge in [0.05, 0.1) is 11.7 Å². The number of sulfone groups is 1. The van der Waals surface area contributed by atoms with Gasteiger partial charge in [0.25, 0.3) is 0 Å². The zero-order chi connectivity index (χ0) is 20.9. The molecule has 1 aromatic carbocycles. The Morgan fingerprint density at radius 3 is 2.70 bits per heavy atom. The van der Waals surface area contributed by atoms with E-state index in [1.54, 1.807) is 23.1 Å². The highest BCUT2D eigenvalue weighted by molar-refractivity contribution is 7.93. The molecular weight excluding hydrogens is 409 g/mol. The molecule has 30 heavy (non-hydrogen) atoms. The lowest BCUT2D eigenvalue weighted by molar-refractivity contribution is -0.141. The summed E-state index contributed by atoms with van der Waals surface area (Å²) in [5, 5.41) is 3.95. The van der Waals surface area contributed by atoms with E-state index in [9.17, 15) is 17.6 Å². The molecule has 0 saturated carbocycles. The lowest BCUT2D eigenvalue weighted by Crippen LogP contribution is -2.68. The first-order chi connectivity index (χ1) is 14.4. The van der Waals surface area contributed by atoms with Crippen LogP contribution in [0.1, 0.15) is 42.5 Å². The van der Waals surface area contributed by atoms with Gasteiger partial charge in [0, 0.05) is 25.4 Å². The van der Waals surface area contributed by atoms with Crippen molar-refractivity contribution in [3.8, 4) is 0 Å². The van der Waals surface area contributed by atoms with Gasteiger partial charge in [-0.25, -0.2) is 12.8 Å². The van der Waals surface area contributed by atoms with Crippen molar-refractivity contribution in [1.82, 2.24) is 15.0 Å². The predicted octanol–water partition coefficient (Wildman–Crippen LogP) is 2.25. The van der Waals surface area contributed by atoms with Gasteiger partial charge in [0.1, 0.15) is 10.6 Å². The summed E-state index contributed by atoms with van der Waals surface area (Å²) in [5.74, 6) is -0.252. The standard InChI is InChI=1S/C21H22FN3O4S/c22-17-8-4-3-7-15(17)11-18-23-19(29-24-18)16-9-10-30(27,28)21(16)12-25(13-21)20(26)14-5-1-2-6-14/h1-4,7-8,14,16H,5-6,9-13H2. The zero-order valence-electron chi connectivity index (χ0n) is 16.3. The largest absolute Gasteiger partial charge is 0.339 e. The van der Waals surface area contributed by atoms with Gasteiger partial charge in [0.2, 0.25) is 11.8 Å². The third-order valence-electron chi connectivity index (χ3n) is 6.60. The monoisotopic (exact) mass is 431 g/mol. The Labute approximate surface area is 173 Å². The number of amides is 1. The molecule has 2 fully saturated rings. The van der Waals surface area contributed by atoms with Gasteiger partial charge in [0.15, 0.2) is 15.7 Å². The van der Waals surface area contributed by atoms with E-state index in [1.807, 2.05) is 12.2 Å². The second-order valence-corrected chi connectivity index (χ2v) is 10.8. The number of carbonyl (C=O) groups excluding carboxylic acids is 1. The number of halogens is 1. The van der Waals surface area contributed by atoms with E-state index >= 15 is 0 Å². The Kier molecular flexibility index (Phi) is 4.53. The number of hydrogen-bond donors (Lipinski definition) is 0. The Bertz CT molecular complexity index is 1110. The number of rotatable bonds is 4. The summed E-state index contributed by atoms with van der Waals surface area (Å²) in [7, 11) is -3.39. The van der Waals surface area contributed by atoms with Crippen LogP contribution in [0, 0.1) is 11.7 Å². The van der Waals surface area contributed by atoms with Gasteiger partial charge in [-0.15, -0.1) is 0 Å². The van der Waals surface area contributed by atoms with Gasteiger partial charge in [-0.3, -0.25) is 4.79 Å². The van der Waals surface area contributed by atoms with E-state index in [-0.39, 0.29) is 48.8 Å². The van der Waals surface area contributed by atoms with Gasteiger partial charge in [-0.2, -0.15) is 4.98 Å². The zero-order valence-corrected chi connectivity index (χ0v) is 17.1. The van der Waals surface area contributed by atoms with E-state index in [1.165, 1.54) is 6.07 Å². The number of hydrogen-bond acceptors (Lipinski definition) is 6. The van der Waals surface area contributed by atoms with E-state index in [2.05, 4.69) is 10.1 Å². The molecule has 0 radical (unpaired) electrons. The molecule has 9 heteroatoms. The van der Waals surface area contributed by atoms with Gasteiger partial charge >= 0.3 is 0 Å². The van der Waals surface area contributed by atoms with Crippen LogP contribution in [0.15, 0.2) is 40.9 Å². The third kappa shape index (κ3) is 2.98. The van der Waals surface area contributed by atoms with Gasteiger partial charge < -0.3 is 9.42 Å². The van der Waals surface area contributed by atoms with Crippen molar-refractivity contribution in [2.75, 3.05) is 18.8 Å². The Balaban J connectivity index is 1.35. The average molecular weight is 431 g/mol. The molecule has 1 unspecified atom stereocenters. The first-order valence-electron chi connectivity index (χ1n) is 10.1. The van der Waals surface area contributed by atoms with E-state index < -0.39 is 20.5 Å². The molecule has 1 aromatic heterocycles. The van der Waals surface area contributed by atoms with E-state index in [0.29, 0.717) is 30.7 Å². The van der Waals surface area contributed by atoms with Crippen LogP contribution in [0.3, 0.4) is 0 Å². The Morgan fingerprint density at radius 2 is 1.97 bits per heavy atom. The lowest BCUT2D eigenvalue weighted by Gasteiger charge is -2.49. The van der Waals surface area contributed by atoms with Crippen molar-refractivity contribution >= 4 is 15.7 Å². The summed E-state index contributed by atoms with van der Waals surface area (Å²) in [6.07, 6.45) is 5.95. The minimum absolute atomic E-state index is 0.0113. The maximum atomic E-state index is 13.9. The molecule has 158 valence electrons. The highest BCUT2D eigenvalue weighted by Gasteiger charge is 2.64. The van der Waals surface area contributed by atoms with Crippen molar-refractivity contribution < 1.29 is 22.1 Å².